The highest BCUT2D eigenvalue weighted by Gasteiger charge is 2.19. The molecule has 1 fully saturated rings. The highest BCUT2D eigenvalue weighted by atomic mass is 16.5. The minimum absolute atomic E-state index is 0.00516. The Labute approximate surface area is 137 Å². The maximum atomic E-state index is 12.3. The van der Waals surface area contributed by atoms with Gasteiger partial charge in [0.2, 0.25) is 5.91 Å². The Morgan fingerprint density at radius 3 is 2.87 bits per heavy atom. The Bertz CT molecular complexity index is 686. The van der Waals surface area contributed by atoms with Gasteiger partial charge in [-0.25, -0.2) is 0 Å². The fourth-order valence-electron chi connectivity index (χ4n) is 3.08. The van der Waals surface area contributed by atoms with Crippen molar-refractivity contribution in [3.05, 3.63) is 48.0 Å². The molecule has 0 saturated carbocycles. The van der Waals surface area contributed by atoms with Crippen LogP contribution in [0.2, 0.25) is 0 Å². The average molecular weight is 312 g/mol. The smallest absolute Gasteiger partial charge is 0.234 e. The van der Waals surface area contributed by atoms with Crippen LogP contribution in [0.1, 0.15) is 25.5 Å². The first-order valence-corrected chi connectivity index (χ1v) is 8.24. The van der Waals surface area contributed by atoms with Gasteiger partial charge in [-0.1, -0.05) is 36.4 Å². The maximum Gasteiger partial charge on any atom is 0.234 e. The highest BCUT2D eigenvalue weighted by Crippen LogP contribution is 2.20. The summed E-state index contributed by atoms with van der Waals surface area (Å²) in [6.45, 7) is 6.85. The van der Waals surface area contributed by atoms with Gasteiger partial charge in [0.15, 0.2) is 0 Å². The van der Waals surface area contributed by atoms with Crippen LogP contribution in [-0.2, 0) is 9.53 Å². The molecule has 0 aromatic heterocycles. The number of fused-ring (bicyclic) bond motifs is 1. The van der Waals surface area contributed by atoms with E-state index in [0.29, 0.717) is 13.2 Å². The number of hydrogen-bond donors (Lipinski definition) is 1. The fraction of sp³-hybridized carbons (Fsp3) is 0.421. The van der Waals surface area contributed by atoms with E-state index in [1.165, 1.54) is 10.8 Å². The minimum atomic E-state index is 0.00516. The van der Waals surface area contributed by atoms with E-state index in [2.05, 4.69) is 40.5 Å². The molecule has 1 amide bonds. The molecule has 0 aliphatic carbocycles. The monoisotopic (exact) mass is 312 g/mol. The number of amides is 1. The van der Waals surface area contributed by atoms with Crippen LogP contribution >= 0.6 is 0 Å². The molecule has 1 aliphatic rings. The molecule has 23 heavy (non-hydrogen) atoms. The Hall–Kier alpha value is -1.91. The van der Waals surface area contributed by atoms with E-state index < -0.39 is 0 Å². The second-order valence-corrected chi connectivity index (χ2v) is 6.31. The van der Waals surface area contributed by atoms with Crippen molar-refractivity contribution in [3.8, 4) is 0 Å². The topological polar surface area (TPSA) is 41.6 Å². The van der Waals surface area contributed by atoms with Gasteiger partial charge in [-0.05, 0) is 36.2 Å². The normalized spacial score (nSPS) is 20.3. The molecule has 1 N–H and O–H groups in total. The molecule has 4 heteroatoms. The zero-order valence-corrected chi connectivity index (χ0v) is 13.8. The van der Waals surface area contributed by atoms with Crippen LogP contribution in [0.15, 0.2) is 42.5 Å². The van der Waals surface area contributed by atoms with Crippen LogP contribution in [0.4, 0.5) is 0 Å². The van der Waals surface area contributed by atoms with Crippen LogP contribution in [-0.4, -0.2) is 43.2 Å². The molecule has 2 atom stereocenters. The fourth-order valence-corrected chi connectivity index (χ4v) is 3.08. The summed E-state index contributed by atoms with van der Waals surface area (Å²) in [5, 5.41) is 5.52. The molecule has 4 nitrogen and oxygen atoms in total. The summed E-state index contributed by atoms with van der Waals surface area (Å²) in [5.74, 6) is 0.0692. The summed E-state index contributed by atoms with van der Waals surface area (Å²) >= 11 is 0. The quantitative estimate of drug-likeness (QED) is 0.944. The van der Waals surface area contributed by atoms with Crippen LogP contribution in [0.25, 0.3) is 10.8 Å². The molecule has 1 heterocycles. The third-order valence-corrected chi connectivity index (χ3v) is 4.34. The van der Waals surface area contributed by atoms with Gasteiger partial charge in [-0.3, -0.25) is 9.69 Å². The predicted octanol–water partition coefficient (Wildman–Crippen LogP) is 2.74. The molecule has 2 aromatic rings. The summed E-state index contributed by atoms with van der Waals surface area (Å²) in [6, 6.07) is 14.6. The predicted molar refractivity (Wildman–Crippen MR) is 92.4 cm³/mol. The third kappa shape index (κ3) is 4.09. The van der Waals surface area contributed by atoms with Gasteiger partial charge in [-0.15, -0.1) is 0 Å². The molecule has 122 valence electrons. The number of nitrogens with zero attached hydrogens (tertiary/aromatic N) is 1. The number of morpholine rings is 1. The summed E-state index contributed by atoms with van der Waals surface area (Å²) in [6.07, 6.45) is 0.203. The summed E-state index contributed by atoms with van der Waals surface area (Å²) < 4.78 is 5.51. The number of nitrogens with one attached hydrogen (secondary N) is 1. The van der Waals surface area contributed by atoms with E-state index in [0.717, 1.165) is 18.7 Å². The highest BCUT2D eigenvalue weighted by molar-refractivity contribution is 5.83. The first kappa shape index (κ1) is 16.0. The zero-order chi connectivity index (χ0) is 16.2. The van der Waals surface area contributed by atoms with E-state index in [4.69, 9.17) is 4.74 Å². The average Bonchev–Trinajstić information content (AvgIpc) is 2.54. The second kappa shape index (κ2) is 7.11. The summed E-state index contributed by atoms with van der Waals surface area (Å²) in [5.41, 5.74) is 1.13. The maximum absolute atomic E-state index is 12.3. The zero-order valence-electron chi connectivity index (χ0n) is 13.8. The number of rotatable bonds is 4. The molecule has 1 aliphatic heterocycles. The Morgan fingerprint density at radius 2 is 2.09 bits per heavy atom. The molecule has 0 unspecified atom stereocenters. The van der Waals surface area contributed by atoms with E-state index in [9.17, 15) is 4.79 Å². The van der Waals surface area contributed by atoms with Crippen molar-refractivity contribution < 1.29 is 9.53 Å². The van der Waals surface area contributed by atoms with Crippen LogP contribution < -0.4 is 5.32 Å². The minimum Gasteiger partial charge on any atom is -0.376 e. The second-order valence-electron chi connectivity index (χ2n) is 6.31. The summed E-state index contributed by atoms with van der Waals surface area (Å²) in [4.78, 5) is 14.4. The van der Waals surface area contributed by atoms with E-state index in [1.807, 2.05) is 26.0 Å². The van der Waals surface area contributed by atoms with Gasteiger partial charge in [-0.2, -0.15) is 0 Å². The van der Waals surface area contributed by atoms with Crippen molar-refractivity contribution in [2.45, 2.75) is 26.0 Å². The third-order valence-electron chi connectivity index (χ3n) is 4.34. The van der Waals surface area contributed by atoms with Crippen molar-refractivity contribution in [3.63, 3.8) is 0 Å². The molecular formula is C19H24N2O2. The lowest BCUT2D eigenvalue weighted by atomic mass is 10.0. The lowest BCUT2D eigenvalue weighted by Crippen LogP contribution is -2.46. The Kier molecular flexibility index (Phi) is 4.94. The lowest BCUT2D eigenvalue weighted by Gasteiger charge is -2.30. The van der Waals surface area contributed by atoms with Crippen LogP contribution in [0, 0.1) is 0 Å². The number of benzene rings is 2. The number of hydrogen-bond acceptors (Lipinski definition) is 3. The van der Waals surface area contributed by atoms with Gasteiger partial charge in [0.25, 0.3) is 0 Å². The van der Waals surface area contributed by atoms with Gasteiger partial charge >= 0.3 is 0 Å². The first-order chi connectivity index (χ1) is 11.1. The van der Waals surface area contributed by atoms with Crippen molar-refractivity contribution >= 4 is 16.7 Å². The van der Waals surface area contributed by atoms with Crippen molar-refractivity contribution in [2.24, 2.45) is 0 Å². The molecule has 0 radical (unpaired) electrons. The van der Waals surface area contributed by atoms with Crippen molar-refractivity contribution in [1.29, 1.82) is 0 Å². The Morgan fingerprint density at radius 1 is 1.30 bits per heavy atom. The molecule has 2 aromatic carbocycles. The lowest BCUT2D eigenvalue weighted by molar-refractivity contribution is -0.124. The van der Waals surface area contributed by atoms with Crippen LogP contribution in [0.5, 0.6) is 0 Å². The van der Waals surface area contributed by atoms with E-state index in [1.54, 1.807) is 0 Å². The summed E-state index contributed by atoms with van der Waals surface area (Å²) in [7, 11) is 0. The van der Waals surface area contributed by atoms with Gasteiger partial charge < -0.3 is 10.1 Å². The SMILES string of the molecule is C[C@@H]1CN(CC(=O)N[C@@H](C)c2ccc3ccccc3c2)CCO1. The van der Waals surface area contributed by atoms with Gasteiger partial charge in [0.05, 0.1) is 25.3 Å². The van der Waals surface area contributed by atoms with Gasteiger partial charge in [0.1, 0.15) is 0 Å². The standard InChI is InChI=1S/C19H24N2O2/c1-14-12-21(9-10-23-14)13-19(22)20-15(2)17-8-7-16-5-3-4-6-18(16)11-17/h3-8,11,14-15H,9-10,12-13H2,1-2H3,(H,20,22)/t14-,15+/m1/s1. The number of carbonyl (C=O) groups is 1. The largest absolute Gasteiger partial charge is 0.376 e. The molecular weight excluding hydrogens is 288 g/mol. The molecule has 0 spiro atoms. The first-order valence-electron chi connectivity index (χ1n) is 8.24. The molecule has 0 bridgehead atoms. The Balaban J connectivity index is 1.60. The van der Waals surface area contributed by atoms with Crippen molar-refractivity contribution in [2.75, 3.05) is 26.2 Å². The van der Waals surface area contributed by atoms with Crippen LogP contribution in [0.3, 0.4) is 0 Å². The number of carbonyl (C=O) groups excluding carboxylic acids is 1. The molecule has 3 rings (SSSR count). The number of ether oxygens (including phenoxy) is 1. The van der Waals surface area contributed by atoms with E-state index >= 15 is 0 Å². The van der Waals surface area contributed by atoms with Gasteiger partial charge in [0, 0.05) is 13.1 Å². The molecule has 1 saturated heterocycles. The van der Waals surface area contributed by atoms with E-state index in [-0.39, 0.29) is 18.1 Å². The van der Waals surface area contributed by atoms with Crippen molar-refractivity contribution in [1.82, 2.24) is 10.2 Å².